The molecule has 0 fully saturated rings. The van der Waals surface area contributed by atoms with Gasteiger partial charge in [0.05, 0.1) is 0 Å². The maximum absolute atomic E-state index is 12.9. The van der Waals surface area contributed by atoms with Crippen LogP contribution in [0.15, 0.2) is 41.0 Å². The molecule has 1 amide bonds. The van der Waals surface area contributed by atoms with E-state index < -0.39 is 6.10 Å². The van der Waals surface area contributed by atoms with Gasteiger partial charge in [-0.3, -0.25) is 4.79 Å². The quantitative estimate of drug-likeness (QED) is 0.575. The zero-order chi connectivity index (χ0) is 22.0. The third-order valence-electron chi connectivity index (χ3n) is 5.82. The highest BCUT2D eigenvalue weighted by atomic mass is 16.6. The second kappa shape index (κ2) is 8.92. The van der Waals surface area contributed by atoms with E-state index in [1.54, 1.807) is 6.92 Å². The summed E-state index contributed by atoms with van der Waals surface area (Å²) < 4.78 is 11.0. The van der Waals surface area contributed by atoms with Crippen molar-refractivity contribution in [1.82, 2.24) is 10.3 Å². The van der Waals surface area contributed by atoms with Crippen LogP contribution in [-0.4, -0.2) is 22.3 Å². The first-order valence-corrected chi connectivity index (χ1v) is 10.9. The first-order chi connectivity index (χ1) is 14.9. The van der Waals surface area contributed by atoms with Crippen LogP contribution in [-0.2, 0) is 17.6 Å². The number of nitrogens with zero attached hydrogens (tertiary/aromatic N) is 2. The second-order valence-corrected chi connectivity index (χ2v) is 8.60. The summed E-state index contributed by atoms with van der Waals surface area (Å²) in [5.41, 5.74) is 6.31. The first kappa shape index (κ1) is 21.1. The minimum absolute atomic E-state index is 0.293. The number of aromatic nitrogens is 2. The predicted molar refractivity (Wildman–Crippen MR) is 120 cm³/mol. The van der Waals surface area contributed by atoms with Crippen LogP contribution in [0.5, 0.6) is 5.75 Å². The summed E-state index contributed by atoms with van der Waals surface area (Å²) in [4.78, 5) is 12.9. The molecule has 0 bridgehead atoms. The number of ether oxygens (including phenoxy) is 1. The highest BCUT2D eigenvalue weighted by molar-refractivity contribution is 5.96. The van der Waals surface area contributed by atoms with Crippen LogP contribution >= 0.6 is 0 Å². The average Bonchev–Trinajstić information content (AvgIpc) is 3.21. The van der Waals surface area contributed by atoms with E-state index in [0.29, 0.717) is 17.4 Å². The number of fused-ring (bicyclic) bond motifs is 1. The number of nitrogens with one attached hydrogen (secondary N) is 1. The van der Waals surface area contributed by atoms with Gasteiger partial charge in [-0.15, -0.1) is 0 Å². The number of rotatable bonds is 6. The Kier molecular flexibility index (Phi) is 6.07. The third kappa shape index (κ3) is 4.63. The molecule has 0 spiro atoms. The molecule has 1 aliphatic carbocycles. The molecule has 1 aliphatic rings. The lowest BCUT2D eigenvalue weighted by atomic mass is 9.90. The van der Waals surface area contributed by atoms with Gasteiger partial charge in [-0.25, -0.2) is 4.63 Å². The molecule has 0 saturated carbocycles. The Morgan fingerprint density at radius 1 is 1.03 bits per heavy atom. The number of benzene rings is 2. The fourth-order valence-corrected chi connectivity index (χ4v) is 4.02. The second-order valence-electron chi connectivity index (χ2n) is 8.60. The van der Waals surface area contributed by atoms with Gasteiger partial charge in [-0.1, -0.05) is 38.1 Å². The van der Waals surface area contributed by atoms with Crippen LogP contribution in [0.2, 0.25) is 0 Å². The number of carbonyl (C=O) groups is 1. The first-order valence-electron chi connectivity index (χ1n) is 10.9. The largest absolute Gasteiger partial charge is 0.481 e. The minimum Gasteiger partial charge on any atom is -0.481 e. The molecule has 162 valence electrons. The summed E-state index contributed by atoms with van der Waals surface area (Å²) in [6.45, 7) is 7.95. The summed E-state index contributed by atoms with van der Waals surface area (Å²) in [7, 11) is 0. The maximum Gasteiger partial charge on any atom is 0.266 e. The van der Waals surface area contributed by atoms with Crippen molar-refractivity contribution in [3.05, 3.63) is 58.7 Å². The zero-order valence-electron chi connectivity index (χ0n) is 18.6. The van der Waals surface area contributed by atoms with Gasteiger partial charge in [-0.05, 0) is 90.1 Å². The number of carbonyl (C=O) groups excluding carboxylic acids is 1. The molecular weight excluding hydrogens is 390 g/mol. The molecule has 1 unspecified atom stereocenters. The zero-order valence-corrected chi connectivity index (χ0v) is 18.6. The van der Waals surface area contributed by atoms with E-state index in [9.17, 15) is 4.79 Å². The van der Waals surface area contributed by atoms with Crippen molar-refractivity contribution in [2.45, 2.75) is 65.4 Å². The fourth-order valence-electron chi connectivity index (χ4n) is 4.02. The van der Waals surface area contributed by atoms with Gasteiger partial charge < -0.3 is 10.1 Å². The van der Waals surface area contributed by atoms with Gasteiger partial charge in [0.2, 0.25) is 5.82 Å². The molecule has 4 rings (SSSR count). The molecule has 1 aromatic heterocycles. The Balaban J connectivity index is 1.50. The van der Waals surface area contributed by atoms with Crippen LogP contribution < -0.4 is 10.1 Å². The van der Waals surface area contributed by atoms with Gasteiger partial charge in [0.15, 0.2) is 11.8 Å². The van der Waals surface area contributed by atoms with Crippen molar-refractivity contribution in [1.29, 1.82) is 0 Å². The number of amides is 1. The van der Waals surface area contributed by atoms with Crippen LogP contribution in [0.1, 0.15) is 61.8 Å². The van der Waals surface area contributed by atoms with Crippen LogP contribution in [0.25, 0.3) is 11.3 Å². The Bertz CT molecular complexity index is 1090. The topological polar surface area (TPSA) is 77.2 Å². The summed E-state index contributed by atoms with van der Waals surface area (Å²) >= 11 is 0. The van der Waals surface area contributed by atoms with E-state index >= 15 is 0 Å². The summed E-state index contributed by atoms with van der Waals surface area (Å²) in [5, 5.41) is 10.8. The smallest absolute Gasteiger partial charge is 0.266 e. The maximum atomic E-state index is 12.9. The van der Waals surface area contributed by atoms with Crippen molar-refractivity contribution < 1.29 is 14.2 Å². The van der Waals surface area contributed by atoms with Gasteiger partial charge in [-0.2, -0.15) is 0 Å². The van der Waals surface area contributed by atoms with E-state index in [1.165, 1.54) is 24.0 Å². The van der Waals surface area contributed by atoms with Crippen LogP contribution in [0, 0.1) is 6.92 Å². The van der Waals surface area contributed by atoms with E-state index in [2.05, 4.69) is 53.7 Å². The van der Waals surface area contributed by atoms with Gasteiger partial charge in [0.1, 0.15) is 5.75 Å². The van der Waals surface area contributed by atoms with E-state index in [4.69, 9.17) is 9.37 Å². The Labute approximate surface area is 183 Å². The monoisotopic (exact) mass is 419 g/mol. The molecule has 0 aliphatic heterocycles. The highest BCUT2D eigenvalue weighted by Crippen LogP contribution is 2.31. The fraction of sp³-hybridized carbons (Fsp3) is 0.400. The van der Waals surface area contributed by atoms with Crippen molar-refractivity contribution >= 4 is 11.7 Å². The SMILES string of the molecule is Cc1ccc(C(C)C)c(OC(C)C(=O)Nc2nonc2-c2ccc3c(c2)CCCC3)c1. The lowest BCUT2D eigenvalue weighted by molar-refractivity contribution is -0.122. The average molecular weight is 420 g/mol. The molecule has 6 heteroatoms. The molecule has 1 atom stereocenters. The summed E-state index contributed by atoms with van der Waals surface area (Å²) in [6.07, 6.45) is 3.91. The van der Waals surface area contributed by atoms with Crippen molar-refractivity contribution in [2.75, 3.05) is 5.32 Å². The number of anilines is 1. The third-order valence-corrected chi connectivity index (χ3v) is 5.82. The molecule has 0 radical (unpaired) electrons. The van der Waals surface area contributed by atoms with Gasteiger partial charge >= 0.3 is 0 Å². The van der Waals surface area contributed by atoms with Crippen LogP contribution in [0.4, 0.5) is 5.82 Å². The molecule has 31 heavy (non-hydrogen) atoms. The lowest BCUT2D eigenvalue weighted by Crippen LogP contribution is -2.30. The molecule has 1 heterocycles. The highest BCUT2D eigenvalue weighted by Gasteiger charge is 2.22. The molecule has 6 nitrogen and oxygen atoms in total. The van der Waals surface area contributed by atoms with E-state index in [1.807, 2.05) is 19.1 Å². The van der Waals surface area contributed by atoms with Gasteiger partial charge in [0, 0.05) is 5.56 Å². The lowest BCUT2D eigenvalue weighted by Gasteiger charge is -2.19. The minimum atomic E-state index is -0.701. The molecular formula is C25H29N3O3. The molecule has 2 aromatic carbocycles. The van der Waals surface area contributed by atoms with Crippen molar-refractivity contribution in [3.8, 4) is 17.0 Å². The van der Waals surface area contributed by atoms with Crippen LogP contribution in [0.3, 0.4) is 0 Å². The Hall–Kier alpha value is -3.15. The molecule has 0 saturated heterocycles. The standard InChI is InChI=1S/C25H29N3O3/c1-15(2)21-12-9-16(3)13-22(21)30-17(4)25(29)26-24-23(27-31-28-24)20-11-10-18-7-5-6-8-19(18)14-20/h9-15,17H,5-8H2,1-4H3,(H,26,28,29). The van der Waals surface area contributed by atoms with E-state index in [-0.39, 0.29) is 5.91 Å². The molecule has 1 N–H and O–H groups in total. The number of hydrogen-bond donors (Lipinski definition) is 1. The Morgan fingerprint density at radius 2 is 1.81 bits per heavy atom. The van der Waals surface area contributed by atoms with Gasteiger partial charge in [0.25, 0.3) is 5.91 Å². The van der Waals surface area contributed by atoms with Crippen molar-refractivity contribution in [2.24, 2.45) is 0 Å². The number of aryl methyl sites for hydroxylation is 3. The normalized spacial score (nSPS) is 14.2. The van der Waals surface area contributed by atoms with E-state index in [0.717, 1.165) is 35.3 Å². The van der Waals surface area contributed by atoms with Crippen molar-refractivity contribution in [3.63, 3.8) is 0 Å². The predicted octanol–water partition coefficient (Wildman–Crippen LogP) is 5.45. The molecule has 3 aromatic rings. The Morgan fingerprint density at radius 3 is 2.58 bits per heavy atom. The summed E-state index contributed by atoms with van der Waals surface area (Å²) in [5.74, 6) is 1.03. The summed E-state index contributed by atoms with van der Waals surface area (Å²) in [6, 6.07) is 12.4. The number of hydrogen-bond acceptors (Lipinski definition) is 5.